The van der Waals surface area contributed by atoms with Gasteiger partial charge < -0.3 is 21.1 Å². The predicted molar refractivity (Wildman–Crippen MR) is 80.9 cm³/mol. The molecule has 0 aliphatic heterocycles. The molecule has 0 radical (unpaired) electrons. The average molecular weight is 277 g/mol. The number of hydrogen-bond donors (Lipinski definition) is 3. The highest BCUT2D eigenvalue weighted by Gasteiger charge is 2.31. The number of nitrogens with one attached hydrogen (secondary N) is 1. The smallest absolute Gasteiger partial charge is 0.251 e. The van der Waals surface area contributed by atoms with Crippen molar-refractivity contribution in [1.82, 2.24) is 5.32 Å². The van der Waals surface area contributed by atoms with Gasteiger partial charge in [0.05, 0.1) is 17.0 Å². The van der Waals surface area contributed by atoms with E-state index in [1.54, 1.807) is 12.1 Å². The van der Waals surface area contributed by atoms with E-state index in [0.717, 1.165) is 31.4 Å². The Morgan fingerprint density at radius 2 is 2.05 bits per heavy atom. The van der Waals surface area contributed by atoms with Crippen LogP contribution in [-0.2, 0) is 0 Å². The summed E-state index contributed by atoms with van der Waals surface area (Å²) < 4.78 is 0. The van der Waals surface area contributed by atoms with Crippen LogP contribution >= 0.6 is 0 Å². The molecule has 1 fully saturated rings. The highest BCUT2D eigenvalue weighted by molar-refractivity contribution is 5.96. The second-order valence-electron chi connectivity index (χ2n) is 5.78. The van der Waals surface area contributed by atoms with Crippen LogP contribution in [0.4, 0.5) is 11.4 Å². The molecule has 110 valence electrons. The monoisotopic (exact) mass is 277 g/mol. The van der Waals surface area contributed by atoms with E-state index in [1.165, 1.54) is 0 Å². The van der Waals surface area contributed by atoms with Gasteiger partial charge in [-0.2, -0.15) is 0 Å². The predicted octanol–water partition coefficient (Wildman–Crippen LogP) is 1.37. The van der Waals surface area contributed by atoms with Crippen LogP contribution in [0.5, 0.6) is 0 Å². The van der Waals surface area contributed by atoms with Crippen molar-refractivity contribution < 1.29 is 9.90 Å². The van der Waals surface area contributed by atoms with Crippen molar-refractivity contribution in [3.8, 4) is 0 Å². The van der Waals surface area contributed by atoms with Gasteiger partial charge in [-0.15, -0.1) is 0 Å². The lowest BCUT2D eigenvalue weighted by molar-refractivity contribution is 0.0449. The van der Waals surface area contributed by atoms with E-state index in [0.29, 0.717) is 17.8 Å². The van der Waals surface area contributed by atoms with Gasteiger partial charge in [-0.05, 0) is 31.0 Å². The number of hydrogen-bond acceptors (Lipinski definition) is 4. The molecule has 0 unspecified atom stereocenters. The Morgan fingerprint density at radius 3 is 2.60 bits per heavy atom. The Bertz CT molecular complexity index is 494. The minimum absolute atomic E-state index is 0.192. The third-order valence-electron chi connectivity index (χ3n) is 3.88. The van der Waals surface area contributed by atoms with Gasteiger partial charge in [0.25, 0.3) is 5.91 Å². The van der Waals surface area contributed by atoms with E-state index in [-0.39, 0.29) is 5.91 Å². The number of carbonyl (C=O) groups is 1. The van der Waals surface area contributed by atoms with E-state index >= 15 is 0 Å². The molecule has 2 rings (SSSR count). The molecular weight excluding hydrogens is 254 g/mol. The number of nitrogen functional groups attached to an aromatic ring is 1. The zero-order chi connectivity index (χ0) is 14.8. The second-order valence-corrected chi connectivity index (χ2v) is 5.78. The van der Waals surface area contributed by atoms with Gasteiger partial charge >= 0.3 is 0 Å². The van der Waals surface area contributed by atoms with Gasteiger partial charge in [0.2, 0.25) is 0 Å². The molecule has 0 heterocycles. The van der Waals surface area contributed by atoms with Gasteiger partial charge in [0, 0.05) is 26.2 Å². The van der Waals surface area contributed by atoms with Crippen molar-refractivity contribution in [2.24, 2.45) is 0 Å². The molecule has 1 aromatic rings. The number of amides is 1. The number of nitrogens with two attached hydrogens (primary N) is 1. The van der Waals surface area contributed by atoms with Crippen LogP contribution in [0.25, 0.3) is 0 Å². The minimum atomic E-state index is -0.731. The van der Waals surface area contributed by atoms with E-state index in [2.05, 4.69) is 5.32 Å². The number of rotatable bonds is 4. The van der Waals surface area contributed by atoms with E-state index in [4.69, 9.17) is 5.73 Å². The summed E-state index contributed by atoms with van der Waals surface area (Å²) >= 11 is 0. The minimum Gasteiger partial charge on any atom is -0.397 e. The van der Waals surface area contributed by atoms with Crippen LogP contribution in [0.2, 0.25) is 0 Å². The largest absolute Gasteiger partial charge is 0.397 e. The summed E-state index contributed by atoms with van der Waals surface area (Å²) in [5.74, 6) is -0.192. The number of benzene rings is 1. The summed E-state index contributed by atoms with van der Waals surface area (Å²) in [5, 5.41) is 13.0. The molecule has 4 N–H and O–H groups in total. The van der Waals surface area contributed by atoms with Crippen molar-refractivity contribution in [3.63, 3.8) is 0 Å². The Kier molecular flexibility index (Phi) is 4.18. The Hall–Kier alpha value is -1.75. The zero-order valence-corrected chi connectivity index (χ0v) is 12.1. The molecule has 0 spiro atoms. The van der Waals surface area contributed by atoms with Crippen LogP contribution in [0.1, 0.15) is 36.0 Å². The lowest BCUT2D eigenvalue weighted by Crippen LogP contribution is -2.40. The van der Waals surface area contributed by atoms with Crippen molar-refractivity contribution in [1.29, 1.82) is 0 Å². The first kappa shape index (κ1) is 14.7. The molecule has 5 nitrogen and oxygen atoms in total. The summed E-state index contributed by atoms with van der Waals surface area (Å²) in [6.45, 7) is 0.307. The second kappa shape index (κ2) is 5.71. The molecule has 1 aromatic carbocycles. The highest BCUT2D eigenvalue weighted by Crippen LogP contribution is 2.28. The van der Waals surface area contributed by atoms with Crippen molar-refractivity contribution in [2.45, 2.75) is 31.3 Å². The Morgan fingerprint density at radius 1 is 1.40 bits per heavy atom. The summed E-state index contributed by atoms with van der Waals surface area (Å²) in [4.78, 5) is 14.0. The third kappa shape index (κ3) is 3.22. The average Bonchev–Trinajstić information content (AvgIpc) is 2.83. The van der Waals surface area contributed by atoms with Gasteiger partial charge in [0.1, 0.15) is 0 Å². The molecule has 1 aliphatic carbocycles. The first-order valence-corrected chi connectivity index (χ1v) is 6.99. The fourth-order valence-corrected chi connectivity index (χ4v) is 2.66. The molecule has 20 heavy (non-hydrogen) atoms. The number of aliphatic hydroxyl groups is 1. The quantitative estimate of drug-likeness (QED) is 0.726. The van der Waals surface area contributed by atoms with Gasteiger partial charge in [-0.25, -0.2) is 0 Å². The maximum absolute atomic E-state index is 12.1. The molecule has 5 heteroatoms. The molecule has 0 saturated heterocycles. The summed E-state index contributed by atoms with van der Waals surface area (Å²) in [7, 11) is 3.81. The first-order chi connectivity index (χ1) is 9.41. The van der Waals surface area contributed by atoms with Crippen LogP contribution in [0, 0.1) is 0 Å². The lowest BCUT2D eigenvalue weighted by atomic mass is 10.0. The molecule has 0 atom stereocenters. The SMILES string of the molecule is CN(C)c1ccc(C(=O)NCC2(O)CCCC2)cc1N. The fraction of sp³-hybridized carbons (Fsp3) is 0.533. The topological polar surface area (TPSA) is 78.6 Å². The van der Waals surface area contributed by atoms with E-state index < -0.39 is 5.60 Å². The van der Waals surface area contributed by atoms with Crippen LogP contribution in [0.3, 0.4) is 0 Å². The van der Waals surface area contributed by atoms with Crippen molar-refractivity contribution in [3.05, 3.63) is 23.8 Å². The van der Waals surface area contributed by atoms with Gasteiger partial charge in [-0.3, -0.25) is 4.79 Å². The number of carbonyl (C=O) groups excluding carboxylic acids is 1. The molecule has 0 bridgehead atoms. The van der Waals surface area contributed by atoms with Crippen molar-refractivity contribution in [2.75, 3.05) is 31.3 Å². The van der Waals surface area contributed by atoms with Gasteiger partial charge in [-0.1, -0.05) is 12.8 Å². The third-order valence-corrected chi connectivity index (χ3v) is 3.88. The van der Waals surface area contributed by atoms with Gasteiger partial charge in [0.15, 0.2) is 0 Å². The zero-order valence-electron chi connectivity index (χ0n) is 12.1. The normalized spacial score (nSPS) is 16.9. The van der Waals surface area contributed by atoms with Crippen molar-refractivity contribution >= 4 is 17.3 Å². The van der Waals surface area contributed by atoms with Crippen LogP contribution < -0.4 is 16.0 Å². The maximum Gasteiger partial charge on any atom is 0.251 e. The Labute approximate surface area is 119 Å². The molecular formula is C15H23N3O2. The van der Waals surface area contributed by atoms with Crippen LogP contribution in [0.15, 0.2) is 18.2 Å². The Balaban J connectivity index is 2.00. The standard InChI is InChI=1S/C15H23N3O2/c1-18(2)13-6-5-11(9-12(13)16)14(19)17-10-15(20)7-3-4-8-15/h5-6,9,20H,3-4,7-8,10,16H2,1-2H3,(H,17,19). The van der Waals surface area contributed by atoms with E-state index in [1.807, 2.05) is 25.1 Å². The van der Waals surface area contributed by atoms with E-state index in [9.17, 15) is 9.90 Å². The summed E-state index contributed by atoms with van der Waals surface area (Å²) in [6.07, 6.45) is 3.57. The summed E-state index contributed by atoms with van der Waals surface area (Å²) in [6, 6.07) is 5.25. The van der Waals surface area contributed by atoms with Crippen LogP contribution in [-0.4, -0.2) is 37.3 Å². The molecule has 1 saturated carbocycles. The number of nitrogens with zero attached hydrogens (tertiary/aromatic N) is 1. The fourth-order valence-electron chi connectivity index (χ4n) is 2.66. The molecule has 1 amide bonds. The lowest BCUT2D eigenvalue weighted by Gasteiger charge is -2.22. The molecule has 0 aromatic heterocycles. The molecule has 1 aliphatic rings. The number of anilines is 2. The maximum atomic E-state index is 12.1. The summed E-state index contributed by atoms with van der Waals surface area (Å²) in [5.41, 5.74) is 7.18. The first-order valence-electron chi connectivity index (χ1n) is 6.99. The highest BCUT2D eigenvalue weighted by atomic mass is 16.3.